The highest BCUT2D eigenvalue weighted by Crippen LogP contribution is 1.99. The van der Waals surface area contributed by atoms with E-state index in [9.17, 15) is 19.2 Å². The Bertz CT molecular complexity index is 482. The van der Waals surface area contributed by atoms with Crippen molar-refractivity contribution in [1.29, 1.82) is 0 Å². The molecule has 1 atom stereocenters. The Kier molecular flexibility index (Phi) is 14.2. The molecule has 0 radical (unpaired) electrons. The Morgan fingerprint density at radius 1 is 0.926 bits per heavy atom. The fourth-order valence-electron chi connectivity index (χ4n) is 2.00. The van der Waals surface area contributed by atoms with Crippen LogP contribution in [0, 0.1) is 0 Å². The van der Waals surface area contributed by atoms with Crippen LogP contribution in [0.1, 0.15) is 40.5 Å². The maximum absolute atomic E-state index is 11.8. The van der Waals surface area contributed by atoms with Crippen LogP contribution >= 0.6 is 0 Å². The molecule has 0 fully saturated rings. The number of carbonyl (C=O) groups is 4. The van der Waals surface area contributed by atoms with Crippen molar-refractivity contribution in [2.24, 2.45) is 0 Å². The normalized spacial score (nSPS) is 11.9. The Balaban J connectivity index is 3.79. The first-order chi connectivity index (χ1) is 12.7. The standard InChI is InChI=1S/C18H33N3O6/c1-13(2)19-7-8-26-9-10-27-12-18(25)20-11-17(24)21-16(15(4)23)6-5-14(3)22/h13,16,19H,5-12H2,1-4H3,(H,20,25)(H,21,24). The second kappa shape index (κ2) is 15.2. The van der Waals surface area contributed by atoms with E-state index in [1.165, 1.54) is 13.8 Å². The van der Waals surface area contributed by atoms with Gasteiger partial charge in [-0.2, -0.15) is 0 Å². The van der Waals surface area contributed by atoms with Crippen LogP contribution in [0.25, 0.3) is 0 Å². The SMILES string of the molecule is CC(=O)CCC(NC(=O)CNC(=O)COCCOCCNC(C)C)C(C)=O. The molecule has 0 aliphatic heterocycles. The Hall–Kier alpha value is -1.84. The van der Waals surface area contributed by atoms with Crippen molar-refractivity contribution in [2.75, 3.05) is 39.5 Å². The highest BCUT2D eigenvalue weighted by atomic mass is 16.5. The van der Waals surface area contributed by atoms with E-state index in [1.807, 2.05) is 13.8 Å². The van der Waals surface area contributed by atoms with Crippen molar-refractivity contribution in [1.82, 2.24) is 16.0 Å². The number of hydrogen-bond acceptors (Lipinski definition) is 7. The predicted octanol–water partition coefficient (Wildman–Crippen LogP) is -0.423. The zero-order valence-electron chi connectivity index (χ0n) is 16.8. The third kappa shape index (κ3) is 16.1. The van der Waals surface area contributed by atoms with Gasteiger partial charge in [0.2, 0.25) is 11.8 Å². The van der Waals surface area contributed by atoms with E-state index in [0.29, 0.717) is 19.3 Å². The third-order valence-corrected chi connectivity index (χ3v) is 3.46. The van der Waals surface area contributed by atoms with Crippen molar-refractivity contribution in [2.45, 2.75) is 52.6 Å². The lowest BCUT2D eigenvalue weighted by molar-refractivity contribution is -0.130. The lowest BCUT2D eigenvalue weighted by Gasteiger charge is -2.15. The first-order valence-electron chi connectivity index (χ1n) is 9.17. The second-order valence-electron chi connectivity index (χ2n) is 6.52. The Morgan fingerprint density at radius 2 is 1.59 bits per heavy atom. The number of hydrogen-bond donors (Lipinski definition) is 3. The third-order valence-electron chi connectivity index (χ3n) is 3.46. The number of carbonyl (C=O) groups excluding carboxylic acids is 4. The minimum atomic E-state index is -0.725. The number of nitrogens with one attached hydrogen (secondary N) is 3. The molecule has 0 aromatic rings. The predicted molar refractivity (Wildman–Crippen MR) is 100 cm³/mol. The molecule has 27 heavy (non-hydrogen) atoms. The molecule has 0 spiro atoms. The molecular formula is C18H33N3O6. The van der Waals surface area contributed by atoms with E-state index in [-0.39, 0.29) is 44.2 Å². The molecule has 0 saturated heterocycles. The minimum absolute atomic E-state index is 0.0545. The molecule has 0 saturated carbocycles. The van der Waals surface area contributed by atoms with Crippen molar-refractivity contribution in [3.05, 3.63) is 0 Å². The average molecular weight is 387 g/mol. The van der Waals surface area contributed by atoms with Crippen LogP contribution in [-0.4, -0.2) is 75.0 Å². The largest absolute Gasteiger partial charge is 0.378 e. The average Bonchev–Trinajstić information content (AvgIpc) is 2.58. The summed E-state index contributed by atoms with van der Waals surface area (Å²) in [7, 11) is 0. The van der Waals surface area contributed by atoms with Gasteiger partial charge in [0, 0.05) is 19.0 Å². The van der Waals surface area contributed by atoms with Crippen LogP contribution in [0.3, 0.4) is 0 Å². The van der Waals surface area contributed by atoms with Crippen LogP contribution < -0.4 is 16.0 Å². The topological polar surface area (TPSA) is 123 Å². The smallest absolute Gasteiger partial charge is 0.246 e. The van der Waals surface area contributed by atoms with Gasteiger partial charge in [-0.1, -0.05) is 13.8 Å². The van der Waals surface area contributed by atoms with Crippen molar-refractivity contribution < 1.29 is 28.7 Å². The van der Waals surface area contributed by atoms with E-state index in [1.54, 1.807) is 0 Å². The van der Waals surface area contributed by atoms with Crippen molar-refractivity contribution in [3.63, 3.8) is 0 Å². The van der Waals surface area contributed by atoms with E-state index in [4.69, 9.17) is 9.47 Å². The van der Waals surface area contributed by atoms with Gasteiger partial charge in [0.05, 0.1) is 32.4 Å². The molecule has 0 heterocycles. The van der Waals surface area contributed by atoms with Crippen LogP contribution in [0.2, 0.25) is 0 Å². The van der Waals surface area contributed by atoms with E-state index >= 15 is 0 Å². The zero-order chi connectivity index (χ0) is 20.7. The summed E-state index contributed by atoms with van der Waals surface area (Å²) in [5.41, 5.74) is 0. The summed E-state index contributed by atoms with van der Waals surface area (Å²) in [4.78, 5) is 45.9. The molecule has 0 aromatic heterocycles. The summed E-state index contributed by atoms with van der Waals surface area (Å²) in [6.45, 7) is 8.40. The molecule has 9 heteroatoms. The van der Waals surface area contributed by atoms with E-state index in [0.717, 1.165) is 6.54 Å². The first kappa shape index (κ1) is 25.2. The highest BCUT2D eigenvalue weighted by Gasteiger charge is 2.17. The van der Waals surface area contributed by atoms with Gasteiger partial charge < -0.3 is 30.2 Å². The Labute approximate surface area is 160 Å². The summed E-state index contributed by atoms with van der Waals surface area (Å²) in [6, 6.07) is -0.317. The second-order valence-corrected chi connectivity index (χ2v) is 6.52. The molecule has 3 N–H and O–H groups in total. The summed E-state index contributed by atoms with van der Waals surface area (Å²) in [5.74, 6) is -1.22. The van der Waals surface area contributed by atoms with Gasteiger partial charge in [0.1, 0.15) is 12.4 Å². The van der Waals surface area contributed by atoms with Gasteiger partial charge in [-0.05, 0) is 20.3 Å². The van der Waals surface area contributed by atoms with E-state index < -0.39 is 17.9 Å². The molecule has 2 amide bonds. The lowest BCUT2D eigenvalue weighted by atomic mass is 10.1. The fraction of sp³-hybridized carbons (Fsp3) is 0.778. The quantitative estimate of drug-likeness (QED) is 0.307. The van der Waals surface area contributed by atoms with Crippen LogP contribution in [0.4, 0.5) is 0 Å². The number of ketones is 2. The van der Waals surface area contributed by atoms with Crippen molar-refractivity contribution in [3.8, 4) is 0 Å². The molecule has 156 valence electrons. The van der Waals surface area contributed by atoms with E-state index in [2.05, 4.69) is 16.0 Å². The number of Topliss-reactive ketones (excluding diaryl/α,β-unsaturated/α-hetero) is 2. The van der Waals surface area contributed by atoms with Crippen LogP contribution in [0.5, 0.6) is 0 Å². The maximum Gasteiger partial charge on any atom is 0.246 e. The Morgan fingerprint density at radius 3 is 2.19 bits per heavy atom. The lowest BCUT2D eigenvalue weighted by Crippen LogP contribution is -2.45. The molecule has 0 aliphatic rings. The van der Waals surface area contributed by atoms with Gasteiger partial charge in [0.15, 0.2) is 5.78 Å². The highest BCUT2D eigenvalue weighted by molar-refractivity contribution is 5.90. The fourth-order valence-corrected chi connectivity index (χ4v) is 2.00. The number of amides is 2. The molecule has 0 bridgehead atoms. The van der Waals surface area contributed by atoms with Crippen LogP contribution in [-0.2, 0) is 28.7 Å². The van der Waals surface area contributed by atoms with Gasteiger partial charge in [-0.25, -0.2) is 0 Å². The van der Waals surface area contributed by atoms with Crippen LogP contribution in [0.15, 0.2) is 0 Å². The summed E-state index contributed by atoms with van der Waals surface area (Å²) in [6.07, 6.45) is 0.459. The molecule has 0 aliphatic carbocycles. The van der Waals surface area contributed by atoms with Gasteiger partial charge >= 0.3 is 0 Å². The van der Waals surface area contributed by atoms with Gasteiger partial charge in [0.25, 0.3) is 0 Å². The number of rotatable bonds is 16. The summed E-state index contributed by atoms with van der Waals surface area (Å²) in [5, 5.41) is 8.13. The molecule has 0 aromatic carbocycles. The summed E-state index contributed by atoms with van der Waals surface area (Å²) < 4.78 is 10.5. The van der Waals surface area contributed by atoms with Crippen molar-refractivity contribution >= 4 is 23.4 Å². The molecular weight excluding hydrogens is 354 g/mol. The summed E-state index contributed by atoms with van der Waals surface area (Å²) >= 11 is 0. The van der Waals surface area contributed by atoms with Gasteiger partial charge in [-0.3, -0.25) is 14.4 Å². The zero-order valence-corrected chi connectivity index (χ0v) is 16.8. The van der Waals surface area contributed by atoms with Gasteiger partial charge in [-0.15, -0.1) is 0 Å². The molecule has 1 unspecified atom stereocenters. The first-order valence-corrected chi connectivity index (χ1v) is 9.17. The number of ether oxygens (including phenoxy) is 2. The molecule has 9 nitrogen and oxygen atoms in total. The molecule has 0 rings (SSSR count). The monoisotopic (exact) mass is 387 g/mol. The maximum atomic E-state index is 11.8. The minimum Gasteiger partial charge on any atom is -0.378 e.